The number of nitrogens with one attached hydrogen (secondary N) is 2. The van der Waals surface area contributed by atoms with Gasteiger partial charge in [0.25, 0.3) is 0 Å². The van der Waals surface area contributed by atoms with Crippen LogP contribution in [-0.2, 0) is 4.79 Å². The maximum atomic E-state index is 11.9. The predicted molar refractivity (Wildman–Crippen MR) is 76.4 cm³/mol. The fourth-order valence-corrected chi connectivity index (χ4v) is 2.27. The second-order valence-electron chi connectivity index (χ2n) is 7.01. The molecule has 106 valence electrons. The van der Waals surface area contributed by atoms with E-state index >= 15 is 0 Å². The van der Waals surface area contributed by atoms with Gasteiger partial charge >= 0.3 is 0 Å². The highest BCUT2D eigenvalue weighted by Gasteiger charge is 2.24. The van der Waals surface area contributed by atoms with Crippen molar-refractivity contribution in [3.05, 3.63) is 0 Å². The molecule has 3 atom stereocenters. The Hall–Kier alpha value is -0.570. The SMILES string of the molecule is CC1CNCCC1CNC(=O)CC(C)C(C)(C)C. The molecule has 1 fully saturated rings. The van der Waals surface area contributed by atoms with Crippen LogP contribution in [0.25, 0.3) is 0 Å². The number of carbonyl (C=O) groups is 1. The summed E-state index contributed by atoms with van der Waals surface area (Å²) in [5.74, 6) is 1.94. The lowest BCUT2D eigenvalue weighted by atomic mass is 9.80. The second-order valence-corrected chi connectivity index (χ2v) is 7.01. The molecule has 0 radical (unpaired) electrons. The van der Waals surface area contributed by atoms with Gasteiger partial charge < -0.3 is 10.6 Å². The smallest absolute Gasteiger partial charge is 0.220 e. The Labute approximate surface area is 112 Å². The lowest BCUT2D eigenvalue weighted by molar-refractivity contribution is -0.123. The van der Waals surface area contributed by atoms with Crippen LogP contribution in [0.5, 0.6) is 0 Å². The molecule has 1 rings (SSSR count). The summed E-state index contributed by atoms with van der Waals surface area (Å²) < 4.78 is 0. The van der Waals surface area contributed by atoms with Gasteiger partial charge in [-0.15, -0.1) is 0 Å². The van der Waals surface area contributed by atoms with E-state index in [1.165, 1.54) is 6.42 Å². The van der Waals surface area contributed by atoms with E-state index in [-0.39, 0.29) is 11.3 Å². The first kappa shape index (κ1) is 15.5. The third-order valence-electron chi connectivity index (χ3n) is 4.49. The lowest BCUT2D eigenvalue weighted by Crippen LogP contribution is -2.41. The minimum atomic E-state index is 0.208. The van der Waals surface area contributed by atoms with Crippen molar-refractivity contribution in [2.45, 2.75) is 47.5 Å². The van der Waals surface area contributed by atoms with Gasteiger partial charge in [0.15, 0.2) is 0 Å². The minimum absolute atomic E-state index is 0.208. The Morgan fingerprint density at radius 1 is 1.44 bits per heavy atom. The van der Waals surface area contributed by atoms with Crippen LogP contribution >= 0.6 is 0 Å². The van der Waals surface area contributed by atoms with Gasteiger partial charge in [0.2, 0.25) is 5.91 Å². The van der Waals surface area contributed by atoms with Crippen molar-refractivity contribution in [2.75, 3.05) is 19.6 Å². The molecule has 3 unspecified atom stereocenters. The van der Waals surface area contributed by atoms with Crippen molar-refractivity contribution in [2.24, 2.45) is 23.2 Å². The van der Waals surface area contributed by atoms with Gasteiger partial charge in [-0.3, -0.25) is 4.79 Å². The maximum absolute atomic E-state index is 11.9. The number of hydrogen-bond acceptors (Lipinski definition) is 2. The highest BCUT2D eigenvalue weighted by molar-refractivity contribution is 5.76. The first-order valence-electron chi connectivity index (χ1n) is 7.28. The number of piperidine rings is 1. The van der Waals surface area contributed by atoms with Gasteiger partial charge in [0, 0.05) is 13.0 Å². The summed E-state index contributed by atoms with van der Waals surface area (Å²) in [7, 11) is 0. The van der Waals surface area contributed by atoms with Crippen molar-refractivity contribution in [3.63, 3.8) is 0 Å². The third kappa shape index (κ3) is 4.97. The van der Waals surface area contributed by atoms with Crippen LogP contribution in [0.15, 0.2) is 0 Å². The Morgan fingerprint density at radius 2 is 2.11 bits per heavy atom. The van der Waals surface area contributed by atoms with Crippen LogP contribution in [-0.4, -0.2) is 25.5 Å². The molecular weight excluding hydrogens is 224 g/mol. The molecule has 0 aliphatic carbocycles. The molecule has 0 aromatic carbocycles. The number of carbonyl (C=O) groups excluding carboxylic acids is 1. The molecule has 0 aromatic heterocycles. The Morgan fingerprint density at radius 3 is 2.67 bits per heavy atom. The fraction of sp³-hybridized carbons (Fsp3) is 0.933. The molecule has 1 heterocycles. The van der Waals surface area contributed by atoms with Crippen molar-refractivity contribution in [1.82, 2.24) is 10.6 Å². The van der Waals surface area contributed by atoms with Crippen molar-refractivity contribution in [1.29, 1.82) is 0 Å². The van der Waals surface area contributed by atoms with Crippen LogP contribution in [0.3, 0.4) is 0 Å². The van der Waals surface area contributed by atoms with Gasteiger partial charge in [0.05, 0.1) is 0 Å². The molecule has 0 saturated carbocycles. The molecule has 18 heavy (non-hydrogen) atoms. The molecule has 1 amide bonds. The lowest BCUT2D eigenvalue weighted by Gasteiger charge is -2.30. The van der Waals surface area contributed by atoms with E-state index in [9.17, 15) is 4.79 Å². The molecule has 3 nitrogen and oxygen atoms in total. The van der Waals surface area contributed by atoms with E-state index in [1.807, 2.05) is 0 Å². The van der Waals surface area contributed by atoms with E-state index in [0.29, 0.717) is 24.2 Å². The third-order valence-corrected chi connectivity index (χ3v) is 4.49. The highest BCUT2D eigenvalue weighted by Crippen LogP contribution is 2.27. The molecule has 0 spiro atoms. The van der Waals surface area contributed by atoms with Gasteiger partial charge in [-0.05, 0) is 42.7 Å². The van der Waals surface area contributed by atoms with E-state index in [0.717, 1.165) is 19.6 Å². The van der Waals surface area contributed by atoms with Crippen LogP contribution < -0.4 is 10.6 Å². The van der Waals surface area contributed by atoms with Gasteiger partial charge in [-0.1, -0.05) is 34.6 Å². The summed E-state index contributed by atoms with van der Waals surface area (Å²) in [4.78, 5) is 11.9. The molecule has 1 aliphatic rings. The van der Waals surface area contributed by atoms with Gasteiger partial charge in [-0.25, -0.2) is 0 Å². The van der Waals surface area contributed by atoms with E-state index < -0.39 is 0 Å². The minimum Gasteiger partial charge on any atom is -0.356 e. The topological polar surface area (TPSA) is 41.1 Å². The monoisotopic (exact) mass is 254 g/mol. The molecule has 0 bridgehead atoms. The largest absolute Gasteiger partial charge is 0.356 e. The maximum Gasteiger partial charge on any atom is 0.220 e. The highest BCUT2D eigenvalue weighted by atomic mass is 16.1. The molecule has 2 N–H and O–H groups in total. The zero-order chi connectivity index (χ0) is 13.8. The van der Waals surface area contributed by atoms with E-state index in [1.54, 1.807) is 0 Å². The summed E-state index contributed by atoms with van der Waals surface area (Å²) in [6.07, 6.45) is 1.82. The quantitative estimate of drug-likeness (QED) is 0.809. The van der Waals surface area contributed by atoms with Crippen molar-refractivity contribution < 1.29 is 4.79 Å². The van der Waals surface area contributed by atoms with Crippen LogP contribution in [0.1, 0.15) is 47.5 Å². The Bertz CT molecular complexity index is 270. The molecule has 3 heteroatoms. The zero-order valence-electron chi connectivity index (χ0n) is 12.7. The normalized spacial score (nSPS) is 26.7. The van der Waals surface area contributed by atoms with Crippen LogP contribution in [0, 0.1) is 23.2 Å². The molecule has 1 aliphatic heterocycles. The summed E-state index contributed by atoms with van der Waals surface area (Å²) in [5.41, 5.74) is 0.208. The fourth-order valence-electron chi connectivity index (χ4n) is 2.27. The summed E-state index contributed by atoms with van der Waals surface area (Å²) in [6, 6.07) is 0. The van der Waals surface area contributed by atoms with Crippen molar-refractivity contribution >= 4 is 5.91 Å². The summed E-state index contributed by atoms with van der Waals surface area (Å²) in [6.45, 7) is 14.0. The number of rotatable bonds is 4. The van der Waals surface area contributed by atoms with E-state index in [4.69, 9.17) is 0 Å². The average Bonchev–Trinajstić information content (AvgIpc) is 2.26. The van der Waals surface area contributed by atoms with E-state index in [2.05, 4.69) is 45.3 Å². The zero-order valence-corrected chi connectivity index (χ0v) is 12.7. The Balaban J connectivity index is 2.28. The Kier molecular flexibility index (Phi) is 5.64. The first-order valence-corrected chi connectivity index (χ1v) is 7.28. The molecule has 0 aromatic rings. The van der Waals surface area contributed by atoms with Crippen molar-refractivity contribution in [3.8, 4) is 0 Å². The standard InChI is InChI=1S/C15H30N2O/c1-11-9-16-7-6-13(11)10-17-14(18)8-12(2)15(3,4)5/h11-13,16H,6-10H2,1-5H3,(H,17,18). The summed E-state index contributed by atoms with van der Waals surface area (Å²) >= 11 is 0. The van der Waals surface area contributed by atoms with Crippen LogP contribution in [0.2, 0.25) is 0 Å². The number of hydrogen-bond donors (Lipinski definition) is 2. The predicted octanol–water partition coefficient (Wildman–Crippen LogP) is 2.42. The van der Waals surface area contributed by atoms with Crippen LogP contribution in [0.4, 0.5) is 0 Å². The summed E-state index contributed by atoms with van der Waals surface area (Å²) in [5, 5.41) is 6.51. The first-order chi connectivity index (χ1) is 8.30. The second kappa shape index (κ2) is 6.55. The van der Waals surface area contributed by atoms with Gasteiger partial charge in [0.1, 0.15) is 0 Å². The van der Waals surface area contributed by atoms with Gasteiger partial charge in [-0.2, -0.15) is 0 Å². The molecular formula is C15H30N2O. The average molecular weight is 254 g/mol. The number of amides is 1. The molecule has 1 saturated heterocycles.